The second-order valence-corrected chi connectivity index (χ2v) is 4.53. The number of para-hydroxylation sites is 1. The molecule has 1 aliphatic rings. The predicted octanol–water partition coefficient (Wildman–Crippen LogP) is 2.67. The molecule has 0 unspecified atom stereocenters. The van der Waals surface area contributed by atoms with Gasteiger partial charge in [0.25, 0.3) is 0 Å². The van der Waals surface area contributed by atoms with Gasteiger partial charge in [-0.05, 0) is 25.0 Å². The minimum atomic E-state index is 0.146. The number of ether oxygens (including phenoxy) is 1. The van der Waals surface area contributed by atoms with Crippen molar-refractivity contribution in [3.8, 4) is 17.1 Å². The van der Waals surface area contributed by atoms with E-state index in [0.717, 1.165) is 29.8 Å². The Labute approximate surface area is 111 Å². The highest BCUT2D eigenvalue weighted by atomic mass is 16.5. The Morgan fingerprint density at radius 1 is 1.16 bits per heavy atom. The topological polar surface area (TPSA) is 52.1 Å². The van der Waals surface area contributed by atoms with Gasteiger partial charge in [0.1, 0.15) is 5.75 Å². The molecule has 0 N–H and O–H groups in total. The summed E-state index contributed by atoms with van der Waals surface area (Å²) in [6.45, 7) is 0. The van der Waals surface area contributed by atoms with Gasteiger partial charge in [-0.25, -0.2) is 9.97 Å². The first-order valence-corrected chi connectivity index (χ1v) is 6.32. The number of Topliss-reactive ketones (excluding diaryl/α,β-unsaturated/α-hetero) is 1. The molecule has 1 aliphatic carbocycles. The fraction of sp³-hybridized carbons (Fsp3) is 0.267. The highest BCUT2D eigenvalue weighted by molar-refractivity contribution is 5.97. The van der Waals surface area contributed by atoms with Gasteiger partial charge in [0.15, 0.2) is 11.6 Å². The number of methoxy groups -OCH3 is 1. The Kier molecular flexibility index (Phi) is 2.99. The molecule has 0 bridgehead atoms. The summed E-state index contributed by atoms with van der Waals surface area (Å²) in [7, 11) is 1.63. The summed E-state index contributed by atoms with van der Waals surface area (Å²) in [6, 6.07) is 7.63. The maximum atomic E-state index is 11.8. The first-order valence-electron chi connectivity index (χ1n) is 6.32. The molecule has 0 radical (unpaired) electrons. The highest BCUT2D eigenvalue weighted by Crippen LogP contribution is 2.28. The molecule has 1 aromatic carbocycles. The van der Waals surface area contributed by atoms with Crippen LogP contribution in [0.4, 0.5) is 0 Å². The van der Waals surface area contributed by atoms with Crippen molar-refractivity contribution in [2.45, 2.75) is 19.3 Å². The van der Waals surface area contributed by atoms with E-state index < -0.39 is 0 Å². The number of hydrogen-bond donors (Lipinski definition) is 0. The number of nitrogens with zero attached hydrogens (tertiary/aromatic N) is 2. The van der Waals surface area contributed by atoms with Crippen LogP contribution in [0.2, 0.25) is 0 Å². The summed E-state index contributed by atoms with van der Waals surface area (Å²) in [5.41, 5.74) is 2.38. The van der Waals surface area contributed by atoms with Crippen molar-refractivity contribution in [2.75, 3.05) is 7.11 Å². The zero-order valence-electron chi connectivity index (χ0n) is 10.7. The van der Waals surface area contributed by atoms with E-state index in [2.05, 4.69) is 9.97 Å². The number of fused-ring (bicyclic) bond motifs is 1. The van der Waals surface area contributed by atoms with Crippen molar-refractivity contribution >= 4 is 5.78 Å². The maximum absolute atomic E-state index is 11.8. The number of carbonyl (C=O) groups excluding carboxylic acids is 1. The van der Waals surface area contributed by atoms with Gasteiger partial charge in [0.2, 0.25) is 0 Å². The standard InChI is InChI=1S/C15H14N2O2/c1-19-14-8-3-2-5-10(14)15-16-9-11-12(17-15)6-4-7-13(11)18/h2-3,5,8-9H,4,6-7H2,1H3. The van der Waals surface area contributed by atoms with Gasteiger partial charge in [-0.3, -0.25) is 4.79 Å². The molecule has 19 heavy (non-hydrogen) atoms. The third kappa shape index (κ3) is 2.10. The molecule has 0 spiro atoms. The fourth-order valence-corrected chi connectivity index (χ4v) is 2.35. The third-order valence-corrected chi connectivity index (χ3v) is 3.33. The van der Waals surface area contributed by atoms with Crippen molar-refractivity contribution in [2.24, 2.45) is 0 Å². The lowest BCUT2D eigenvalue weighted by Crippen LogP contribution is -2.13. The van der Waals surface area contributed by atoms with Gasteiger partial charge in [-0.1, -0.05) is 12.1 Å². The third-order valence-electron chi connectivity index (χ3n) is 3.33. The van der Waals surface area contributed by atoms with E-state index in [0.29, 0.717) is 17.8 Å². The van der Waals surface area contributed by atoms with Gasteiger partial charge in [-0.2, -0.15) is 0 Å². The Morgan fingerprint density at radius 3 is 2.84 bits per heavy atom. The zero-order valence-corrected chi connectivity index (χ0v) is 10.7. The molecule has 0 saturated carbocycles. The normalized spacial score (nSPS) is 14.1. The number of hydrogen-bond acceptors (Lipinski definition) is 4. The lowest BCUT2D eigenvalue weighted by molar-refractivity contribution is 0.0971. The Bertz CT molecular complexity index is 638. The van der Waals surface area contributed by atoms with E-state index in [9.17, 15) is 4.79 Å². The van der Waals surface area contributed by atoms with Crippen LogP contribution in [-0.2, 0) is 6.42 Å². The van der Waals surface area contributed by atoms with E-state index in [1.54, 1.807) is 13.3 Å². The fourth-order valence-electron chi connectivity index (χ4n) is 2.35. The molecule has 2 aromatic rings. The van der Waals surface area contributed by atoms with Crippen LogP contribution in [0.3, 0.4) is 0 Å². The molecule has 4 heteroatoms. The van der Waals surface area contributed by atoms with Crippen molar-refractivity contribution in [3.63, 3.8) is 0 Å². The lowest BCUT2D eigenvalue weighted by Gasteiger charge is -2.14. The SMILES string of the molecule is COc1ccccc1-c1ncc2c(n1)CCCC2=O. The number of ketones is 1. The molecule has 4 nitrogen and oxygen atoms in total. The summed E-state index contributed by atoms with van der Waals surface area (Å²) in [5, 5.41) is 0. The number of carbonyl (C=O) groups is 1. The smallest absolute Gasteiger partial charge is 0.166 e. The Hall–Kier alpha value is -2.23. The number of benzene rings is 1. The Morgan fingerprint density at radius 2 is 2.00 bits per heavy atom. The van der Waals surface area contributed by atoms with E-state index >= 15 is 0 Å². The van der Waals surface area contributed by atoms with Crippen LogP contribution in [0, 0.1) is 0 Å². The first-order chi connectivity index (χ1) is 9.29. The predicted molar refractivity (Wildman–Crippen MR) is 71.3 cm³/mol. The Balaban J connectivity index is 2.09. The number of aryl methyl sites for hydroxylation is 1. The molecular weight excluding hydrogens is 240 g/mol. The van der Waals surface area contributed by atoms with Gasteiger partial charge in [0, 0.05) is 12.6 Å². The summed E-state index contributed by atoms with van der Waals surface area (Å²) in [5.74, 6) is 1.50. The largest absolute Gasteiger partial charge is 0.496 e. The maximum Gasteiger partial charge on any atom is 0.166 e. The van der Waals surface area contributed by atoms with Crippen LogP contribution in [0.15, 0.2) is 30.5 Å². The van der Waals surface area contributed by atoms with Crippen molar-refractivity contribution in [1.82, 2.24) is 9.97 Å². The second kappa shape index (κ2) is 4.80. The molecule has 0 amide bonds. The van der Waals surface area contributed by atoms with Crippen LogP contribution < -0.4 is 4.74 Å². The highest BCUT2D eigenvalue weighted by Gasteiger charge is 2.20. The zero-order chi connectivity index (χ0) is 13.2. The van der Waals surface area contributed by atoms with Gasteiger partial charge in [-0.15, -0.1) is 0 Å². The van der Waals surface area contributed by atoms with Crippen LogP contribution in [-0.4, -0.2) is 22.9 Å². The summed E-state index contributed by atoms with van der Waals surface area (Å²) in [4.78, 5) is 20.6. The molecule has 0 atom stereocenters. The molecule has 0 aliphatic heterocycles. The van der Waals surface area contributed by atoms with Gasteiger partial charge >= 0.3 is 0 Å². The lowest BCUT2D eigenvalue weighted by atomic mass is 9.96. The monoisotopic (exact) mass is 254 g/mol. The van der Waals surface area contributed by atoms with Crippen LogP contribution in [0.1, 0.15) is 28.9 Å². The molecule has 96 valence electrons. The molecule has 1 aromatic heterocycles. The average Bonchev–Trinajstić information content (AvgIpc) is 2.47. The van der Waals surface area contributed by atoms with Crippen molar-refractivity contribution in [3.05, 3.63) is 41.7 Å². The summed E-state index contributed by atoms with van der Waals surface area (Å²) in [6.07, 6.45) is 3.95. The number of aromatic nitrogens is 2. The summed E-state index contributed by atoms with van der Waals surface area (Å²) < 4.78 is 5.32. The number of rotatable bonds is 2. The average molecular weight is 254 g/mol. The van der Waals surface area contributed by atoms with E-state index in [1.807, 2.05) is 24.3 Å². The van der Waals surface area contributed by atoms with Crippen LogP contribution in [0.25, 0.3) is 11.4 Å². The first kappa shape index (κ1) is 11.8. The van der Waals surface area contributed by atoms with E-state index in [4.69, 9.17) is 4.74 Å². The summed E-state index contributed by atoms with van der Waals surface area (Å²) >= 11 is 0. The molecule has 0 saturated heterocycles. The molecule has 1 heterocycles. The van der Waals surface area contributed by atoms with E-state index in [-0.39, 0.29) is 5.78 Å². The minimum Gasteiger partial charge on any atom is -0.496 e. The molecular formula is C15H14N2O2. The van der Waals surface area contributed by atoms with E-state index in [1.165, 1.54) is 0 Å². The van der Waals surface area contributed by atoms with Crippen LogP contribution >= 0.6 is 0 Å². The minimum absolute atomic E-state index is 0.146. The quantitative estimate of drug-likeness (QED) is 0.826. The molecule has 0 fully saturated rings. The second-order valence-electron chi connectivity index (χ2n) is 4.53. The van der Waals surface area contributed by atoms with Crippen molar-refractivity contribution < 1.29 is 9.53 Å². The van der Waals surface area contributed by atoms with Crippen molar-refractivity contribution in [1.29, 1.82) is 0 Å². The van der Waals surface area contributed by atoms with Crippen LogP contribution in [0.5, 0.6) is 5.75 Å². The van der Waals surface area contributed by atoms with Gasteiger partial charge < -0.3 is 4.74 Å². The van der Waals surface area contributed by atoms with Gasteiger partial charge in [0.05, 0.1) is 23.9 Å². The molecule has 3 rings (SSSR count).